The van der Waals surface area contributed by atoms with Gasteiger partial charge in [-0.3, -0.25) is 9.97 Å². The zero-order chi connectivity index (χ0) is 19.7. The molecule has 0 radical (unpaired) electrons. The van der Waals surface area contributed by atoms with Crippen LogP contribution < -0.4 is 0 Å². The maximum Gasteiger partial charge on any atom is 0.262 e. The van der Waals surface area contributed by atoms with Crippen LogP contribution in [0.3, 0.4) is 0 Å². The molecule has 0 saturated carbocycles. The Kier molecular flexibility index (Phi) is 4.92. The number of sulfonamides is 1. The first-order valence-corrected chi connectivity index (χ1v) is 10.1. The molecule has 0 amide bonds. The van der Waals surface area contributed by atoms with Gasteiger partial charge in [-0.25, -0.2) is 17.8 Å². The van der Waals surface area contributed by atoms with Gasteiger partial charge in [-0.15, -0.1) is 0 Å². The predicted octanol–water partition coefficient (Wildman–Crippen LogP) is 1.78. The van der Waals surface area contributed by atoms with Gasteiger partial charge in [0, 0.05) is 44.3 Å². The minimum atomic E-state index is -3.77. The van der Waals surface area contributed by atoms with Gasteiger partial charge in [-0.2, -0.15) is 4.31 Å². The number of aryl methyl sites for hydroxylation is 1. The predicted molar refractivity (Wildman–Crippen MR) is 98.1 cm³/mol. The van der Waals surface area contributed by atoms with Crippen LogP contribution in [-0.4, -0.2) is 51.9 Å². The van der Waals surface area contributed by atoms with Crippen molar-refractivity contribution in [2.45, 2.75) is 11.1 Å². The fraction of sp³-hybridized carbons (Fsp3) is 0.278. The Morgan fingerprint density at radius 3 is 2.71 bits per heavy atom. The van der Waals surface area contributed by atoms with Gasteiger partial charge in [-0.1, -0.05) is 12.1 Å². The number of hydrogen-bond donors (Lipinski definition) is 0. The Labute approximate surface area is 161 Å². The first-order valence-electron chi connectivity index (χ1n) is 8.62. The molecular weight excluding hydrogens is 385 g/mol. The Hall–Kier alpha value is -2.69. The number of nitrogens with zero attached hydrogens (tertiary/aromatic N) is 5. The second kappa shape index (κ2) is 7.38. The lowest BCUT2D eigenvalue weighted by Gasteiger charge is -2.31. The average Bonchev–Trinajstić information content (AvgIpc) is 3.16. The molecule has 146 valence electrons. The SMILES string of the molecule is Cn1cnc(S(=O)(=O)N2CCO[C@H](c3nccnc3-c3ccccc3F)C2)c1. The van der Waals surface area contributed by atoms with Crippen molar-refractivity contribution < 1.29 is 17.5 Å². The zero-order valence-corrected chi connectivity index (χ0v) is 15.9. The molecule has 0 N–H and O–H groups in total. The highest BCUT2D eigenvalue weighted by Gasteiger charge is 2.34. The number of aromatic nitrogens is 4. The van der Waals surface area contributed by atoms with Crippen LogP contribution in [0.15, 0.2) is 54.2 Å². The number of rotatable bonds is 4. The molecular formula is C18H18FN5O3S. The summed E-state index contributed by atoms with van der Waals surface area (Å²) < 4.78 is 48.7. The summed E-state index contributed by atoms with van der Waals surface area (Å²) >= 11 is 0. The molecule has 3 aromatic rings. The number of imidazole rings is 1. The van der Waals surface area contributed by atoms with Gasteiger partial charge < -0.3 is 9.30 Å². The summed E-state index contributed by atoms with van der Waals surface area (Å²) in [5, 5.41) is -0.0240. The van der Waals surface area contributed by atoms with Crippen molar-refractivity contribution in [2.75, 3.05) is 19.7 Å². The van der Waals surface area contributed by atoms with E-state index in [9.17, 15) is 12.8 Å². The van der Waals surface area contributed by atoms with Crippen molar-refractivity contribution in [3.05, 3.63) is 60.7 Å². The summed E-state index contributed by atoms with van der Waals surface area (Å²) in [4.78, 5) is 12.5. The maximum absolute atomic E-state index is 14.3. The second-order valence-electron chi connectivity index (χ2n) is 6.37. The highest BCUT2D eigenvalue weighted by Crippen LogP contribution is 2.31. The Bertz CT molecular complexity index is 1100. The third-order valence-corrected chi connectivity index (χ3v) is 6.23. The normalized spacial score (nSPS) is 18.3. The van der Waals surface area contributed by atoms with E-state index >= 15 is 0 Å². The van der Waals surface area contributed by atoms with E-state index in [0.29, 0.717) is 17.0 Å². The quantitative estimate of drug-likeness (QED) is 0.660. The molecule has 1 aromatic carbocycles. The molecule has 0 aliphatic carbocycles. The van der Waals surface area contributed by atoms with E-state index < -0.39 is 21.9 Å². The van der Waals surface area contributed by atoms with Crippen molar-refractivity contribution >= 4 is 10.0 Å². The summed E-state index contributed by atoms with van der Waals surface area (Å²) in [6.45, 7) is 0.424. The first-order chi connectivity index (χ1) is 13.5. The van der Waals surface area contributed by atoms with Gasteiger partial charge in [0.2, 0.25) is 0 Å². The van der Waals surface area contributed by atoms with E-state index in [4.69, 9.17) is 4.74 Å². The molecule has 3 heterocycles. The van der Waals surface area contributed by atoms with E-state index in [0.717, 1.165) is 0 Å². The van der Waals surface area contributed by atoms with Gasteiger partial charge in [-0.05, 0) is 12.1 Å². The second-order valence-corrected chi connectivity index (χ2v) is 8.25. The molecule has 1 atom stereocenters. The molecule has 1 saturated heterocycles. The summed E-state index contributed by atoms with van der Waals surface area (Å²) in [5.74, 6) is -0.432. The van der Waals surface area contributed by atoms with Crippen LogP contribution in [-0.2, 0) is 21.8 Å². The minimum Gasteiger partial charge on any atom is -0.369 e. The topological polar surface area (TPSA) is 90.2 Å². The number of morpholine rings is 1. The molecule has 1 fully saturated rings. The van der Waals surface area contributed by atoms with Crippen LogP contribution in [0, 0.1) is 5.82 Å². The third kappa shape index (κ3) is 3.41. The number of hydrogen-bond acceptors (Lipinski definition) is 6. The number of halogens is 1. The van der Waals surface area contributed by atoms with E-state index in [1.165, 1.54) is 35.3 Å². The van der Waals surface area contributed by atoms with Crippen LogP contribution in [0.4, 0.5) is 4.39 Å². The van der Waals surface area contributed by atoms with E-state index in [-0.39, 0.29) is 24.7 Å². The van der Waals surface area contributed by atoms with Crippen molar-refractivity contribution in [3.8, 4) is 11.3 Å². The fourth-order valence-corrected chi connectivity index (χ4v) is 4.50. The smallest absolute Gasteiger partial charge is 0.262 e. The first kappa shape index (κ1) is 18.7. The summed E-state index contributed by atoms with van der Waals surface area (Å²) in [5.41, 5.74) is 1.02. The third-order valence-electron chi connectivity index (χ3n) is 4.48. The average molecular weight is 403 g/mol. The standard InChI is InChI=1S/C18H18FN5O3S/c1-23-11-16(22-12-23)28(25,26)24-8-9-27-15(10-24)18-17(20-6-7-21-18)13-4-2-3-5-14(13)19/h2-7,11-12,15H,8-10H2,1H3/t15-/m0/s1. The molecule has 0 bridgehead atoms. The van der Waals surface area contributed by atoms with Gasteiger partial charge in [0.1, 0.15) is 11.9 Å². The van der Waals surface area contributed by atoms with Crippen LogP contribution >= 0.6 is 0 Å². The highest BCUT2D eigenvalue weighted by atomic mass is 32.2. The molecule has 4 rings (SSSR count). The Morgan fingerprint density at radius 1 is 1.18 bits per heavy atom. The van der Waals surface area contributed by atoms with Crippen molar-refractivity contribution in [3.63, 3.8) is 0 Å². The molecule has 1 aliphatic rings. The zero-order valence-electron chi connectivity index (χ0n) is 15.1. The van der Waals surface area contributed by atoms with Crippen LogP contribution in [0.5, 0.6) is 0 Å². The lowest BCUT2D eigenvalue weighted by Crippen LogP contribution is -2.42. The van der Waals surface area contributed by atoms with Crippen molar-refractivity contribution in [1.82, 2.24) is 23.8 Å². The lowest BCUT2D eigenvalue weighted by atomic mass is 10.1. The minimum absolute atomic E-state index is 0.0240. The van der Waals surface area contributed by atoms with Crippen molar-refractivity contribution in [2.24, 2.45) is 7.05 Å². The maximum atomic E-state index is 14.3. The Morgan fingerprint density at radius 2 is 1.96 bits per heavy atom. The molecule has 0 spiro atoms. The van der Waals surface area contributed by atoms with Crippen LogP contribution in [0.25, 0.3) is 11.3 Å². The molecule has 28 heavy (non-hydrogen) atoms. The molecule has 0 unspecified atom stereocenters. The van der Waals surface area contributed by atoms with Gasteiger partial charge >= 0.3 is 0 Å². The van der Waals surface area contributed by atoms with E-state index in [2.05, 4.69) is 15.0 Å². The fourth-order valence-electron chi connectivity index (χ4n) is 3.11. The number of ether oxygens (including phenoxy) is 1. The van der Waals surface area contributed by atoms with Crippen LogP contribution in [0.2, 0.25) is 0 Å². The van der Waals surface area contributed by atoms with E-state index in [1.54, 1.807) is 29.8 Å². The summed E-state index contributed by atoms with van der Waals surface area (Å²) in [6, 6.07) is 6.24. The highest BCUT2D eigenvalue weighted by molar-refractivity contribution is 7.89. The van der Waals surface area contributed by atoms with Crippen molar-refractivity contribution in [1.29, 1.82) is 0 Å². The Balaban J connectivity index is 1.67. The monoisotopic (exact) mass is 403 g/mol. The van der Waals surface area contributed by atoms with Gasteiger partial charge in [0.05, 0.1) is 24.3 Å². The largest absolute Gasteiger partial charge is 0.369 e. The molecule has 10 heteroatoms. The lowest BCUT2D eigenvalue weighted by molar-refractivity contribution is -0.00484. The summed E-state index contributed by atoms with van der Waals surface area (Å²) in [7, 11) is -2.07. The van der Waals surface area contributed by atoms with Crippen LogP contribution in [0.1, 0.15) is 11.8 Å². The molecule has 1 aliphatic heterocycles. The van der Waals surface area contributed by atoms with Gasteiger partial charge in [0.15, 0.2) is 5.03 Å². The molecule has 8 nitrogen and oxygen atoms in total. The summed E-state index contributed by atoms with van der Waals surface area (Å²) in [6.07, 6.45) is 5.16. The van der Waals surface area contributed by atoms with E-state index in [1.807, 2.05) is 0 Å². The van der Waals surface area contributed by atoms with Gasteiger partial charge in [0.25, 0.3) is 10.0 Å². The number of benzene rings is 1. The molecule has 2 aromatic heterocycles.